The number of fused-ring (bicyclic) bond motifs is 1. The van der Waals surface area contributed by atoms with E-state index in [-0.39, 0.29) is 11.4 Å². The summed E-state index contributed by atoms with van der Waals surface area (Å²) in [5, 5.41) is 9.62. The molecule has 2 nitrogen and oxygen atoms in total. The second-order valence-electron chi connectivity index (χ2n) is 4.56. The third-order valence-corrected chi connectivity index (χ3v) is 3.26. The quantitative estimate of drug-likeness (QED) is 0.694. The summed E-state index contributed by atoms with van der Waals surface area (Å²) >= 11 is 0. The zero-order chi connectivity index (χ0) is 14.1. The SMILES string of the molecule is N#Cc1ccc(Cn2ccc3ccc(F)cc32)c(F)c1. The standard InChI is InChI=1S/C16H10F2N2/c17-14-4-3-12-5-6-20(16(12)8-14)10-13-2-1-11(9-19)7-15(13)18/h1-8H,10H2. The lowest BCUT2D eigenvalue weighted by molar-refractivity contribution is 0.601. The molecule has 0 aliphatic rings. The first kappa shape index (κ1) is 12.4. The Balaban J connectivity index is 2.01. The average Bonchev–Trinajstić information content (AvgIpc) is 2.83. The molecule has 0 saturated heterocycles. The van der Waals surface area contributed by atoms with Crippen molar-refractivity contribution in [1.82, 2.24) is 4.57 Å². The van der Waals surface area contributed by atoms with Gasteiger partial charge in [-0.3, -0.25) is 0 Å². The van der Waals surface area contributed by atoms with Gasteiger partial charge in [0.1, 0.15) is 11.6 Å². The lowest BCUT2D eigenvalue weighted by Crippen LogP contribution is -2.01. The van der Waals surface area contributed by atoms with Gasteiger partial charge in [0, 0.05) is 11.8 Å². The topological polar surface area (TPSA) is 28.7 Å². The lowest BCUT2D eigenvalue weighted by atomic mass is 10.1. The highest BCUT2D eigenvalue weighted by molar-refractivity contribution is 5.80. The fraction of sp³-hybridized carbons (Fsp3) is 0.0625. The fourth-order valence-corrected chi connectivity index (χ4v) is 2.22. The Morgan fingerprint density at radius 1 is 1.05 bits per heavy atom. The van der Waals surface area contributed by atoms with E-state index in [0.29, 0.717) is 17.6 Å². The number of hydrogen-bond donors (Lipinski definition) is 0. The van der Waals surface area contributed by atoms with E-state index in [1.165, 1.54) is 18.2 Å². The van der Waals surface area contributed by atoms with Crippen molar-refractivity contribution in [3.8, 4) is 6.07 Å². The van der Waals surface area contributed by atoms with Crippen LogP contribution >= 0.6 is 0 Å². The minimum absolute atomic E-state index is 0.287. The van der Waals surface area contributed by atoms with Gasteiger partial charge in [0.25, 0.3) is 0 Å². The second-order valence-corrected chi connectivity index (χ2v) is 4.56. The van der Waals surface area contributed by atoms with Gasteiger partial charge in [-0.1, -0.05) is 6.07 Å². The van der Waals surface area contributed by atoms with Crippen LogP contribution in [-0.2, 0) is 6.54 Å². The summed E-state index contributed by atoms with van der Waals surface area (Å²) in [7, 11) is 0. The molecule has 0 spiro atoms. The molecule has 0 amide bonds. The molecule has 1 heterocycles. The molecule has 0 aliphatic heterocycles. The maximum absolute atomic E-state index is 13.9. The van der Waals surface area contributed by atoms with Crippen LogP contribution in [-0.4, -0.2) is 4.57 Å². The van der Waals surface area contributed by atoms with E-state index in [9.17, 15) is 8.78 Å². The summed E-state index contributed by atoms with van der Waals surface area (Å²) in [5.74, 6) is -0.750. The van der Waals surface area contributed by atoms with Gasteiger partial charge >= 0.3 is 0 Å². The van der Waals surface area contributed by atoms with E-state index in [1.807, 2.05) is 12.1 Å². The summed E-state index contributed by atoms with van der Waals surface area (Å²) in [6.07, 6.45) is 1.79. The second kappa shape index (κ2) is 4.78. The van der Waals surface area contributed by atoms with Crippen molar-refractivity contribution < 1.29 is 8.78 Å². The van der Waals surface area contributed by atoms with Crippen LogP contribution in [0.5, 0.6) is 0 Å². The first-order chi connectivity index (χ1) is 9.67. The molecule has 0 aliphatic carbocycles. The average molecular weight is 268 g/mol. The summed E-state index contributed by atoms with van der Waals surface area (Å²) in [4.78, 5) is 0. The van der Waals surface area contributed by atoms with Gasteiger partial charge in [0.2, 0.25) is 0 Å². The van der Waals surface area contributed by atoms with Crippen molar-refractivity contribution in [2.75, 3.05) is 0 Å². The zero-order valence-corrected chi connectivity index (χ0v) is 10.5. The molecule has 0 saturated carbocycles. The maximum Gasteiger partial charge on any atom is 0.129 e. The highest BCUT2D eigenvalue weighted by Crippen LogP contribution is 2.19. The Morgan fingerprint density at radius 2 is 1.90 bits per heavy atom. The van der Waals surface area contributed by atoms with Crippen LogP contribution in [0.25, 0.3) is 10.9 Å². The number of rotatable bonds is 2. The molecule has 0 fully saturated rings. The number of halogens is 2. The largest absolute Gasteiger partial charge is 0.343 e. The Kier molecular flexibility index (Phi) is 2.96. The maximum atomic E-state index is 13.9. The molecule has 2 aromatic carbocycles. The van der Waals surface area contributed by atoms with Crippen molar-refractivity contribution in [3.63, 3.8) is 0 Å². The van der Waals surface area contributed by atoms with E-state index < -0.39 is 5.82 Å². The lowest BCUT2D eigenvalue weighted by Gasteiger charge is -2.07. The fourth-order valence-electron chi connectivity index (χ4n) is 2.22. The molecule has 98 valence electrons. The smallest absolute Gasteiger partial charge is 0.129 e. The van der Waals surface area contributed by atoms with Gasteiger partial charge in [-0.15, -0.1) is 0 Å². The molecule has 0 radical (unpaired) electrons. The van der Waals surface area contributed by atoms with Crippen molar-refractivity contribution >= 4 is 10.9 Å². The van der Waals surface area contributed by atoms with Crippen LogP contribution in [0.2, 0.25) is 0 Å². The van der Waals surface area contributed by atoms with Gasteiger partial charge in [0.15, 0.2) is 0 Å². The predicted octanol–water partition coefficient (Wildman–Crippen LogP) is 3.84. The Labute approximate surface area is 114 Å². The van der Waals surface area contributed by atoms with Crippen molar-refractivity contribution in [2.24, 2.45) is 0 Å². The first-order valence-electron chi connectivity index (χ1n) is 6.10. The number of benzene rings is 2. The summed E-state index contributed by atoms with van der Waals surface area (Å²) in [6, 6.07) is 12.6. The third-order valence-electron chi connectivity index (χ3n) is 3.26. The van der Waals surface area contributed by atoms with Crippen LogP contribution in [0.3, 0.4) is 0 Å². The molecule has 4 heteroatoms. The van der Waals surface area contributed by atoms with Crippen molar-refractivity contribution in [2.45, 2.75) is 6.54 Å². The number of nitriles is 1. The molecular formula is C16H10F2N2. The normalized spacial score (nSPS) is 10.7. The van der Waals surface area contributed by atoms with Gasteiger partial charge in [-0.05, 0) is 41.8 Å². The minimum atomic E-state index is -0.428. The van der Waals surface area contributed by atoms with E-state index in [0.717, 1.165) is 5.39 Å². The van der Waals surface area contributed by atoms with Crippen LogP contribution in [0.15, 0.2) is 48.7 Å². The molecular weight excluding hydrogens is 258 g/mol. The zero-order valence-electron chi connectivity index (χ0n) is 10.5. The van der Waals surface area contributed by atoms with Crippen molar-refractivity contribution in [3.05, 3.63) is 71.4 Å². The number of aromatic nitrogens is 1. The predicted molar refractivity (Wildman–Crippen MR) is 72.1 cm³/mol. The molecule has 0 atom stereocenters. The van der Waals surface area contributed by atoms with Crippen LogP contribution < -0.4 is 0 Å². The van der Waals surface area contributed by atoms with Crippen molar-refractivity contribution in [1.29, 1.82) is 5.26 Å². The van der Waals surface area contributed by atoms with E-state index in [1.54, 1.807) is 29.0 Å². The Hall–Kier alpha value is -2.67. The minimum Gasteiger partial charge on any atom is -0.343 e. The molecule has 0 unspecified atom stereocenters. The van der Waals surface area contributed by atoms with Gasteiger partial charge < -0.3 is 4.57 Å². The van der Waals surface area contributed by atoms with Gasteiger partial charge in [0.05, 0.1) is 23.7 Å². The summed E-state index contributed by atoms with van der Waals surface area (Å²) in [6.45, 7) is 0.296. The van der Waals surface area contributed by atoms with Crippen LogP contribution in [0.1, 0.15) is 11.1 Å². The van der Waals surface area contributed by atoms with Crippen LogP contribution in [0, 0.1) is 23.0 Å². The number of hydrogen-bond acceptors (Lipinski definition) is 1. The van der Waals surface area contributed by atoms with Crippen LogP contribution in [0.4, 0.5) is 8.78 Å². The Morgan fingerprint density at radius 3 is 2.65 bits per heavy atom. The number of nitrogens with zero attached hydrogens (tertiary/aromatic N) is 2. The molecule has 3 aromatic rings. The highest BCUT2D eigenvalue weighted by atomic mass is 19.1. The summed E-state index contributed by atoms with van der Waals surface area (Å²) in [5.41, 5.74) is 1.47. The first-order valence-corrected chi connectivity index (χ1v) is 6.10. The molecule has 3 rings (SSSR count). The van der Waals surface area contributed by atoms with E-state index in [4.69, 9.17) is 5.26 Å². The molecule has 20 heavy (non-hydrogen) atoms. The van der Waals surface area contributed by atoms with E-state index in [2.05, 4.69) is 0 Å². The molecule has 0 bridgehead atoms. The highest BCUT2D eigenvalue weighted by Gasteiger charge is 2.07. The molecule has 1 aromatic heterocycles. The van der Waals surface area contributed by atoms with E-state index >= 15 is 0 Å². The van der Waals surface area contributed by atoms with Gasteiger partial charge in [-0.25, -0.2) is 8.78 Å². The van der Waals surface area contributed by atoms with Gasteiger partial charge in [-0.2, -0.15) is 5.26 Å². The summed E-state index contributed by atoms with van der Waals surface area (Å²) < 4.78 is 28.9. The monoisotopic (exact) mass is 268 g/mol. The third kappa shape index (κ3) is 2.14. The molecule has 0 N–H and O–H groups in total. The Bertz CT molecular complexity index is 828.